The number of nitrogens with two attached hydrogens (primary N) is 1. The normalized spacial score (nSPS) is 20.4. The molecule has 1 aromatic rings. The Bertz CT molecular complexity index is 344. The summed E-state index contributed by atoms with van der Waals surface area (Å²) < 4.78 is 0. The van der Waals surface area contributed by atoms with Crippen LogP contribution in [0.15, 0.2) is 24.3 Å². The van der Waals surface area contributed by atoms with E-state index in [0.29, 0.717) is 0 Å². The van der Waals surface area contributed by atoms with Crippen molar-refractivity contribution in [2.24, 2.45) is 5.73 Å². The van der Waals surface area contributed by atoms with Gasteiger partial charge in [0.2, 0.25) is 0 Å². The van der Waals surface area contributed by atoms with E-state index in [2.05, 4.69) is 43.0 Å². The minimum Gasteiger partial charge on any atom is -0.325 e. The Labute approximate surface area is 105 Å². The van der Waals surface area contributed by atoms with Gasteiger partial charge in [0, 0.05) is 12.1 Å². The average molecular weight is 232 g/mol. The summed E-state index contributed by atoms with van der Waals surface area (Å²) in [5, 5.41) is 0. The highest BCUT2D eigenvalue weighted by Crippen LogP contribution is 2.18. The summed E-state index contributed by atoms with van der Waals surface area (Å²) in [5.41, 5.74) is 8.99. The fourth-order valence-electron chi connectivity index (χ4n) is 2.33. The summed E-state index contributed by atoms with van der Waals surface area (Å²) in [7, 11) is 0. The number of aryl methyl sites for hydroxylation is 1. The van der Waals surface area contributed by atoms with Gasteiger partial charge in [-0.15, -0.1) is 0 Å². The number of piperidine rings is 1. The molecule has 0 aromatic heterocycles. The van der Waals surface area contributed by atoms with Gasteiger partial charge in [-0.05, 0) is 51.8 Å². The Morgan fingerprint density at radius 3 is 2.35 bits per heavy atom. The Morgan fingerprint density at radius 1 is 1.18 bits per heavy atom. The molecule has 94 valence electrons. The lowest BCUT2D eigenvalue weighted by molar-refractivity contribution is 0.173. The standard InChI is InChI=1S/C15H24N2/c1-13-3-5-14(6-4-13)7-10-17-11-8-15(2,16)9-12-17/h3-6H,7-12,16H2,1-2H3. The second-order valence-corrected chi connectivity index (χ2v) is 5.73. The van der Waals surface area contributed by atoms with Crippen molar-refractivity contribution in [3.63, 3.8) is 0 Å². The molecular formula is C15H24N2. The summed E-state index contributed by atoms with van der Waals surface area (Å²) in [4.78, 5) is 2.54. The fraction of sp³-hybridized carbons (Fsp3) is 0.600. The second kappa shape index (κ2) is 5.19. The lowest BCUT2D eigenvalue weighted by atomic mass is 9.91. The molecule has 0 bridgehead atoms. The molecule has 0 saturated carbocycles. The first kappa shape index (κ1) is 12.6. The zero-order valence-electron chi connectivity index (χ0n) is 11.1. The first-order chi connectivity index (χ1) is 8.05. The van der Waals surface area contributed by atoms with Gasteiger partial charge < -0.3 is 10.6 Å². The summed E-state index contributed by atoms with van der Waals surface area (Å²) in [5.74, 6) is 0. The van der Waals surface area contributed by atoms with Gasteiger partial charge in [-0.25, -0.2) is 0 Å². The van der Waals surface area contributed by atoms with Crippen molar-refractivity contribution in [3.05, 3.63) is 35.4 Å². The van der Waals surface area contributed by atoms with Crippen LogP contribution in [-0.4, -0.2) is 30.1 Å². The van der Waals surface area contributed by atoms with E-state index < -0.39 is 0 Å². The highest BCUT2D eigenvalue weighted by Gasteiger charge is 2.25. The van der Waals surface area contributed by atoms with Crippen LogP contribution in [0.25, 0.3) is 0 Å². The molecule has 0 spiro atoms. The van der Waals surface area contributed by atoms with Crippen LogP contribution < -0.4 is 5.73 Å². The largest absolute Gasteiger partial charge is 0.325 e. The molecule has 1 fully saturated rings. The predicted molar refractivity (Wildman–Crippen MR) is 73.1 cm³/mol. The highest BCUT2D eigenvalue weighted by atomic mass is 15.1. The van der Waals surface area contributed by atoms with Gasteiger partial charge >= 0.3 is 0 Å². The molecule has 0 atom stereocenters. The Morgan fingerprint density at radius 2 is 1.76 bits per heavy atom. The van der Waals surface area contributed by atoms with Crippen LogP contribution in [0.1, 0.15) is 30.9 Å². The van der Waals surface area contributed by atoms with Gasteiger partial charge in [0.05, 0.1) is 0 Å². The molecule has 1 heterocycles. The second-order valence-electron chi connectivity index (χ2n) is 5.73. The Balaban J connectivity index is 1.78. The highest BCUT2D eigenvalue weighted by molar-refractivity contribution is 5.21. The monoisotopic (exact) mass is 232 g/mol. The lowest BCUT2D eigenvalue weighted by Gasteiger charge is -2.36. The smallest absolute Gasteiger partial charge is 0.0150 e. The molecule has 0 aliphatic carbocycles. The van der Waals surface area contributed by atoms with Crippen molar-refractivity contribution in [3.8, 4) is 0 Å². The number of nitrogens with zero attached hydrogens (tertiary/aromatic N) is 1. The molecule has 0 unspecified atom stereocenters. The van der Waals surface area contributed by atoms with Crippen LogP contribution in [0, 0.1) is 6.92 Å². The molecule has 2 N–H and O–H groups in total. The number of likely N-dealkylation sites (tertiary alicyclic amines) is 1. The van der Waals surface area contributed by atoms with Crippen LogP contribution in [0.2, 0.25) is 0 Å². The molecule has 17 heavy (non-hydrogen) atoms. The van der Waals surface area contributed by atoms with E-state index in [1.165, 1.54) is 17.7 Å². The molecule has 0 radical (unpaired) electrons. The zero-order valence-corrected chi connectivity index (χ0v) is 11.1. The van der Waals surface area contributed by atoms with Crippen LogP contribution >= 0.6 is 0 Å². The van der Waals surface area contributed by atoms with Crippen LogP contribution in [0.3, 0.4) is 0 Å². The van der Waals surface area contributed by atoms with Crippen LogP contribution in [0.5, 0.6) is 0 Å². The minimum absolute atomic E-state index is 0.0698. The summed E-state index contributed by atoms with van der Waals surface area (Å²) in [6, 6.07) is 8.88. The van der Waals surface area contributed by atoms with Crippen molar-refractivity contribution in [2.75, 3.05) is 19.6 Å². The van der Waals surface area contributed by atoms with E-state index in [9.17, 15) is 0 Å². The molecule has 1 saturated heterocycles. The van der Waals surface area contributed by atoms with Gasteiger partial charge in [0.15, 0.2) is 0 Å². The first-order valence-corrected chi connectivity index (χ1v) is 6.62. The molecule has 1 aromatic carbocycles. The maximum Gasteiger partial charge on any atom is 0.0150 e. The maximum absolute atomic E-state index is 6.14. The third kappa shape index (κ3) is 3.83. The van der Waals surface area contributed by atoms with Crippen molar-refractivity contribution < 1.29 is 0 Å². The zero-order chi connectivity index (χ0) is 12.3. The minimum atomic E-state index is 0.0698. The number of hydrogen-bond acceptors (Lipinski definition) is 2. The third-order valence-corrected chi connectivity index (χ3v) is 3.84. The SMILES string of the molecule is Cc1ccc(CCN2CCC(C)(N)CC2)cc1. The number of hydrogen-bond donors (Lipinski definition) is 1. The van der Waals surface area contributed by atoms with E-state index in [-0.39, 0.29) is 5.54 Å². The molecule has 0 amide bonds. The van der Waals surface area contributed by atoms with Crippen molar-refractivity contribution >= 4 is 0 Å². The van der Waals surface area contributed by atoms with Gasteiger partial charge in [0.25, 0.3) is 0 Å². The topological polar surface area (TPSA) is 29.3 Å². The average Bonchev–Trinajstić information content (AvgIpc) is 2.30. The summed E-state index contributed by atoms with van der Waals surface area (Å²) in [6.45, 7) is 7.78. The summed E-state index contributed by atoms with van der Waals surface area (Å²) in [6.07, 6.45) is 3.41. The predicted octanol–water partition coefficient (Wildman–Crippen LogP) is 2.35. The van der Waals surface area contributed by atoms with Crippen molar-refractivity contribution in [2.45, 2.75) is 38.6 Å². The van der Waals surface area contributed by atoms with E-state index in [1.807, 2.05) is 0 Å². The van der Waals surface area contributed by atoms with Gasteiger partial charge in [-0.1, -0.05) is 29.8 Å². The van der Waals surface area contributed by atoms with Crippen LogP contribution in [0.4, 0.5) is 0 Å². The quantitative estimate of drug-likeness (QED) is 0.867. The van der Waals surface area contributed by atoms with Crippen LogP contribution in [-0.2, 0) is 6.42 Å². The van der Waals surface area contributed by atoms with E-state index in [4.69, 9.17) is 5.73 Å². The molecule has 2 heteroatoms. The van der Waals surface area contributed by atoms with Gasteiger partial charge in [-0.3, -0.25) is 0 Å². The molecular weight excluding hydrogens is 208 g/mol. The fourth-order valence-corrected chi connectivity index (χ4v) is 2.33. The number of benzene rings is 1. The van der Waals surface area contributed by atoms with Gasteiger partial charge in [0.1, 0.15) is 0 Å². The van der Waals surface area contributed by atoms with E-state index in [1.54, 1.807) is 0 Å². The van der Waals surface area contributed by atoms with Crippen molar-refractivity contribution in [1.82, 2.24) is 4.90 Å². The van der Waals surface area contributed by atoms with E-state index >= 15 is 0 Å². The molecule has 1 aliphatic rings. The third-order valence-electron chi connectivity index (χ3n) is 3.84. The molecule has 2 nitrogen and oxygen atoms in total. The number of rotatable bonds is 3. The Kier molecular flexibility index (Phi) is 3.85. The molecule has 1 aliphatic heterocycles. The lowest BCUT2D eigenvalue weighted by Crippen LogP contribution is -2.48. The Hall–Kier alpha value is -0.860. The van der Waals surface area contributed by atoms with Crippen molar-refractivity contribution in [1.29, 1.82) is 0 Å². The molecule has 2 rings (SSSR count). The maximum atomic E-state index is 6.14. The summed E-state index contributed by atoms with van der Waals surface area (Å²) >= 11 is 0. The van der Waals surface area contributed by atoms with E-state index in [0.717, 1.165) is 32.4 Å². The first-order valence-electron chi connectivity index (χ1n) is 6.62. The van der Waals surface area contributed by atoms with Gasteiger partial charge in [-0.2, -0.15) is 0 Å².